The molecule has 2 N–H and O–H groups in total. The van der Waals surface area contributed by atoms with Gasteiger partial charge in [0.05, 0.1) is 11.3 Å². The molecule has 3 aromatic carbocycles. The normalized spacial score (nSPS) is 10.5. The van der Waals surface area contributed by atoms with Crippen molar-refractivity contribution in [1.82, 2.24) is 20.5 Å². The molecular weight excluding hydrogens is 436 g/mol. The van der Waals surface area contributed by atoms with Gasteiger partial charge in [-0.2, -0.15) is 0 Å². The molecule has 0 aliphatic rings. The van der Waals surface area contributed by atoms with Gasteiger partial charge in [-0.3, -0.25) is 4.79 Å². The number of hydrogen-bond donors (Lipinski definition) is 2. The van der Waals surface area contributed by atoms with Gasteiger partial charge in [0.25, 0.3) is 0 Å². The van der Waals surface area contributed by atoms with E-state index in [0.717, 1.165) is 16.7 Å². The van der Waals surface area contributed by atoms with Crippen molar-refractivity contribution >= 4 is 23.6 Å². The maximum atomic E-state index is 12.3. The summed E-state index contributed by atoms with van der Waals surface area (Å²) in [6, 6.07) is 25.9. The third kappa shape index (κ3) is 5.81. The highest BCUT2D eigenvalue weighted by Crippen LogP contribution is 2.29. The molecule has 0 saturated heterocycles. The van der Waals surface area contributed by atoms with Crippen LogP contribution in [0.3, 0.4) is 0 Å². The first-order valence-corrected chi connectivity index (χ1v) is 11.2. The number of carboxylic acid groups (broad SMARTS) is 1. The van der Waals surface area contributed by atoms with Gasteiger partial charge in [-0.1, -0.05) is 84.6 Å². The zero-order valence-corrected chi connectivity index (χ0v) is 18.3. The van der Waals surface area contributed by atoms with Crippen LogP contribution >= 0.6 is 11.8 Å². The minimum Gasteiger partial charge on any atom is -0.478 e. The lowest BCUT2D eigenvalue weighted by atomic mass is 10.0. The third-order valence-electron chi connectivity index (χ3n) is 4.78. The summed E-state index contributed by atoms with van der Waals surface area (Å²) in [7, 11) is 0. The van der Waals surface area contributed by atoms with E-state index in [0.29, 0.717) is 23.1 Å². The highest BCUT2D eigenvalue weighted by atomic mass is 32.2. The lowest BCUT2D eigenvalue weighted by molar-refractivity contribution is -0.118. The smallest absolute Gasteiger partial charge is 0.335 e. The molecule has 0 bridgehead atoms. The Labute approximate surface area is 194 Å². The molecule has 8 heteroatoms. The van der Waals surface area contributed by atoms with Crippen molar-refractivity contribution in [2.45, 2.75) is 11.7 Å². The Balaban J connectivity index is 1.44. The van der Waals surface area contributed by atoms with Crippen molar-refractivity contribution in [2.75, 3.05) is 5.75 Å². The summed E-state index contributed by atoms with van der Waals surface area (Å²) in [5.41, 5.74) is 4.24. The number of thioether (sulfide) groups is 1. The van der Waals surface area contributed by atoms with Gasteiger partial charge in [0.2, 0.25) is 11.1 Å². The van der Waals surface area contributed by atoms with Gasteiger partial charge < -0.3 is 10.4 Å². The van der Waals surface area contributed by atoms with Gasteiger partial charge in [0.15, 0.2) is 0 Å². The number of aromatic carboxylic acids is 1. The Morgan fingerprint density at radius 1 is 0.788 bits per heavy atom. The third-order valence-corrected chi connectivity index (χ3v) is 5.62. The molecule has 0 fully saturated rings. The summed E-state index contributed by atoms with van der Waals surface area (Å²) < 4.78 is 0. The number of benzene rings is 3. The zero-order chi connectivity index (χ0) is 23.0. The number of carbonyl (C=O) groups is 2. The van der Waals surface area contributed by atoms with Crippen molar-refractivity contribution in [3.63, 3.8) is 0 Å². The van der Waals surface area contributed by atoms with Crippen LogP contribution in [0.25, 0.3) is 22.5 Å². The molecule has 0 atom stereocenters. The maximum Gasteiger partial charge on any atom is 0.335 e. The lowest BCUT2D eigenvalue weighted by Gasteiger charge is -2.09. The average Bonchev–Trinajstić information content (AvgIpc) is 2.87. The first-order valence-electron chi connectivity index (χ1n) is 10.2. The van der Waals surface area contributed by atoms with Gasteiger partial charge in [-0.05, 0) is 17.7 Å². The first kappa shape index (κ1) is 22.2. The molecule has 1 aromatic heterocycles. The Morgan fingerprint density at radius 2 is 1.39 bits per heavy atom. The number of carbonyl (C=O) groups excluding carboxylic acids is 1. The van der Waals surface area contributed by atoms with Gasteiger partial charge >= 0.3 is 5.97 Å². The number of aromatic nitrogens is 3. The standard InChI is InChI=1S/C25H20N4O3S/c30-21(26-15-17-11-13-20(14-12-17)24(31)32)16-33-25-27-22(18-7-3-1-4-8-18)23(28-29-25)19-9-5-2-6-10-19/h1-14H,15-16H2,(H,26,30)(H,31,32). The lowest BCUT2D eigenvalue weighted by Crippen LogP contribution is -2.24. The number of amides is 1. The first-order chi connectivity index (χ1) is 16.1. The Kier molecular flexibility index (Phi) is 7.06. The summed E-state index contributed by atoms with van der Waals surface area (Å²) >= 11 is 1.21. The van der Waals surface area contributed by atoms with Crippen LogP contribution in [0.15, 0.2) is 90.1 Å². The maximum absolute atomic E-state index is 12.3. The highest BCUT2D eigenvalue weighted by Gasteiger charge is 2.14. The average molecular weight is 457 g/mol. The van der Waals surface area contributed by atoms with Crippen LogP contribution in [0.4, 0.5) is 0 Å². The molecule has 4 aromatic rings. The van der Waals surface area contributed by atoms with E-state index in [9.17, 15) is 9.59 Å². The summed E-state index contributed by atoms with van der Waals surface area (Å²) in [6.07, 6.45) is 0. The summed E-state index contributed by atoms with van der Waals surface area (Å²) in [5.74, 6) is -1.03. The fourth-order valence-electron chi connectivity index (χ4n) is 3.11. The molecule has 0 spiro atoms. The van der Waals surface area contributed by atoms with E-state index in [1.54, 1.807) is 12.1 Å². The Morgan fingerprint density at radius 3 is 2.00 bits per heavy atom. The molecule has 4 rings (SSSR count). The minimum atomic E-state index is -0.983. The molecule has 1 amide bonds. The molecule has 0 saturated carbocycles. The molecule has 1 heterocycles. The van der Waals surface area contributed by atoms with E-state index >= 15 is 0 Å². The van der Waals surface area contributed by atoms with Gasteiger partial charge in [-0.25, -0.2) is 9.78 Å². The number of nitrogens with zero attached hydrogens (tertiary/aromatic N) is 3. The van der Waals surface area contributed by atoms with Gasteiger partial charge in [0, 0.05) is 17.7 Å². The van der Waals surface area contributed by atoms with Gasteiger partial charge in [-0.15, -0.1) is 10.2 Å². The largest absolute Gasteiger partial charge is 0.478 e. The number of rotatable bonds is 8. The second-order valence-corrected chi connectivity index (χ2v) is 8.03. The molecule has 33 heavy (non-hydrogen) atoms. The van der Waals surface area contributed by atoms with E-state index in [1.807, 2.05) is 60.7 Å². The quantitative estimate of drug-likeness (QED) is 0.381. The van der Waals surface area contributed by atoms with E-state index < -0.39 is 5.97 Å². The summed E-state index contributed by atoms with van der Waals surface area (Å²) in [5, 5.41) is 20.8. The zero-order valence-electron chi connectivity index (χ0n) is 17.5. The Bertz CT molecular complexity index is 1250. The minimum absolute atomic E-state index is 0.133. The van der Waals surface area contributed by atoms with Crippen molar-refractivity contribution in [3.05, 3.63) is 96.1 Å². The molecule has 164 valence electrons. The van der Waals surface area contributed by atoms with Crippen molar-refractivity contribution in [1.29, 1.82) is 0 Å². The van der Waals surface area contributed by atoms with Gasteiger partial charge in [0.1, 0.15) is 11.4 Å². The van der Waals surface area contributed by atoms with E-state index in [2.05, 4.69) is 20.5 Å². The highest BCUT2D eigenvalue weighted by molar-refractivity contribution is 7.99. The second kappa shape index (κ2) is 10.5. The summed E-state index contributed by atoms with van der Waals surface area (Å²) in [6.45, 7) is 0.306. The van der Waals surface area contributed by atoms with E-state index in [4.69, 9.17) is 5.11 Å². The fraction of sp³-hybridized carbons (Fsp3) is 0.0800. The van der Waals surface area contributed by atoms with Crippen LogP contribution in [-0.2, 0) is 11.3 Å². The molecule has 0 aliphatic heterocycles. The monoisotopic (exact) mass is 456 g/mol. The molecule has 0 aliphatic carbocycles. The fourth-order valence-corrected chi connectivity index (χ4v) is 3.72. The van der Waals surface area contributed by atoms with Crippen LogP contribution in [0, 0.1) is 0 Å². The summed E-state index contributed by atoms with van der Waals surface area (Å²) in [4.78, 5) is 27.9. The predicted molar refractivity (Wildman–Crippen MR) is 127 cm³/mol. The SMILES string of the molecule is O=C(CSc1nnc(-c2ccccc2)c(-c2ccccc2)n1)NCc1ccc(C(=O)O)cc1. The number of carboxylic acids is 1. The van der Waals surface area contributed by atoms with E-state index in [-0.39, 0.29) is 17.2 Å². The van der Waals surface area contributed by atoms with Crippen LogP contribution in [0.2, 0.25) is 0 Å². The van der Waals surface area contributed by atoms with E-state index in [1.165, 1.54) is 23.9 Å². The van der Waals surface area contributed by atoms with Crippen LogP contribution in [-0.4, -0.2) is 37.9 Å². The van der Waals surface area contributed by atoms with Crippen LogP contribution in [0.5, 0.6) is 0 Å². The predicted octanol–water partition coefficient (Wildman–Crippen LogP) is 4.31. The molecule has 0 radical (unpaired) electrons. The molecular formula is C25H20N4O3S. The number of nitrogens with one attached hydrogen (secondary N) is 1. The van der Waals surface area contributed by atoms with Crippen molar-refractivity contribution < 1.29 is 14.7 Å². The van der Waals surface area contributed by atoms with Crippen LogP contribution < -0.4 is 5.32 Å². The number of hydrogen-bond acceptors (Lipinski definition) is 6. The topological polar surface area (TPSA) is 105 Å². The Hall–Kier alpha value is -4.04. The second-order valence-electron chi connectivity index (χ2n) is 7.09. The van der Waals surface area contributed by atoms with Crippen molar-refractivity contribution in [2.24, 2.45) is 0 Å². The molecule has 7 nitrogen and oxygen atoms in total. The molecule has 0 unspecified atom stereocenters. The van der Waals surface area contributed by atoms with Crippen molar-refractivity contribution in [3.8, 4) is 22.5 Å². The van der Waals surface area contributed by atoms with Crippen LogP contribution in [0.1, 0.15) is 15.9 Å².